The van der Waals surface area contributed by atoms with Gasteiger partial charge in [-0.3, -0.25) is 4.79 Å². The van der Waals surface area contributed by atoms with Crippen LogP contribution in [0.2, 0.25) is 0 Å². The minimum Gasteiger partial charge on any atom is -0.468 e. The highest BCUT2D eigenvalue weighted by Crippen LogP contribution is 2.25. The van der Waals surface area contributed by atoms with Crippen LogP contribution in [0.1, 0.15) is 34.1 Å². The molecule has 15 heavy (non-hydrogen) atoms. The van der Waals surface area contributed by atoms with E-state index in [4.69, 9.17) is 4.74 Å². The van der Waals surface area contributed by atoms with Crippen molar-refractivity contribution in [3.63, 3.8) is 0 Å². The zero-order chi connectivity index (χ0) is 12.1. The lowest BCUT2D eigenvalue weighted by atomic mass is 9.96. The van der Waals surface area contributed by atoms with Gasteiger partial charge < -0.3 is 10.1 Å². The zero-order valence-electron chi connectivity index (χ0n) is 10.6. The number of methoxy groups -OCH3 is 1. The van der Waals surface area contributed by atoms with Crippen LogP contribution >= 0.6 is 11.8 Å². The second-order valence-electron chi connectivity index (χ2n) is 4.27. The average Bonchev–Trinajstić information content (AvgIpc) is 2.14. The molecule has 0 aromatic rings. The molecular weight excluding hydrogens is 210 g/mol. The summed E-state index contributed by atoms with van der Waals surface area (Å²) in [6, 6.07) is 0. The van der Waals surface area contributed by atoms with Gasteiger partial charge in [-0.2, -0.15) is 11.8 Å². The number of carbonyl (C=O) groups excluding carboxylic acids is 1. The molecule has 2 unspecified atom stereocenters. The predicted molar refractivity (Wildman–Crippen MR) is 66.3 cm³/mol. The average molecular weight is 233 g/mol. The van der Waals surface area contributed by atoms with Crippen molar-refractivity contribution >= 4 is 17.7 Å². The first kappa shape index (κ1) is 14.8. The van der Waals surface area contributed by atoms with Gasteiger partial charge in [0.25, 0.3) is 0 Å². The first-order chi connectivity index (χ1) is 6.85. The van der Waals surface area contributed by atoms with E-state index in [0.29, 0.717) is 10.5 Å². The van der Waals surface area contributed by atoms with Gasteiger partial charge in [-0.1, -0.05) is 20.8 Å². The summed E-state index contributed by atoms with van der Waals surface area (Å²) < 4.78 is 4.80. The molecule has 0 saturated heterocycles. The highest BCUT2D eigenvalue weighted by atomic mass is 32.2. The lowest BCUT2D eigenvalue weighted by Gasteiger charge is -2.29. The summed E-state index contributed by atoms with van der Waals surface area (Å²) >= 11 is 1.88. The Balaban J connectivity index is 4.36. The number of thioether (sulfide) groups is 1. The van der Waals surface area contributed by atoms with Crippen molar-refractivity contribution < 1.29 is 9.53 Å². The Hall–Kier alpha value is -0.220. The summed E-state index contributed by atoms with van der Waals surface area (Å²) in [4.78, 5) is 11.6. The normalized spacial score (nSPS) is 17.3. The van der Waals surface area contributed by atoms with Gasteiger partial charge in [0.2, 0.25) is 0 Å². The van der Waals surface area contributed by atoms with Crippen LogP contribution < -0.4 is 5.32 Å². The van der Waals surface area contributed by atoms with Crippen molar-refractivity contribution in [1.29, 1.82) is 0 Å². The highest BCUT2D eigenvalue weighted by Gasteiger charge is 2.34. The highest BCUT2D eigenvalue weighted by molar-refractivity contribution is 8.00. The smallest absolute Gasteiger partial charge is 0.325 e. The first-order valence-corrected chi connectivity index (χ1v) is 6.22. The molecule has 2 atom stereocenters. The second-order valence-corrected chi connectivity index (χ2v) is 6.29. The maximum Gasteiger partial charge on any atom is 0.325 e. The van der Waals surface area contributed by atoms with E-state index in [1.54, 1.807) is 7.05 Å². The van der Waals surface area contributed by atoms with Gasteiger partial charge >= 0.3 is 5.97 Å². The Kier molecular flexibility index (Phi) is 6.29. The number of likely N-dealkylation sites (N-methyl/N-ethyl adjacent to an activating group) is 1. The molecule has 0 amide bonds. The van der Waals surface area contributed by atoms with Crippen LogP contribution in [0.15, 0.2) is 0 Å². The summed E-state index contributed by atoms with van der Waals surface area (Å²) in [7, 11) is 3.22. The standard InChI is InChI=1S/C11H23NO2S/c1-8(2)15-9(3)7-11(4,12-5)10(13)14-6/h8-9,12H,7H2,1-6H3. The number of esters is 1. The van der Waals surface area contributed by atoms with Crippen molar-refractivity contribution in [2.45, 2.75) is 50.2 Å². The largest absolute Gasteiger partial charge is 0.468 e. The molecule has 0 rings (SSSR count). The number of carbonyl (C=O) groups is 1. The van der Waals surface area contributed by atoms with Crippen LogP contribution in [0.3, 0.4) is 0 Å². The molecule has 0 spiro atoms. The van der Waals surface area contributed by atoms with Crippen LogP contribution in [0, 0.1) is 0 Å². The molecule has 0 saturated carbocycles. The second kappa shape index (κ2) is 6.38. The van der Waals surface area contributed by atoms with Crippen LogP contribution in [-0.2, 0) is 9.53 Å². The van der Waals surface area contributed by atoms with E-state index in [0.717, 1.165) is 6.42 Å². The van der Waals surface area contributed by atoms with Gasteiger partial charge in [0.1, 0.15) is 5.54 Å². The fourth-order valence-electron chi connectivity index (χ4n) is 1.60. The molecule has 1 N–H and O–H groups in total. The van der Waals surface area contributed by atoms with Gasteiger partial charge in [0.15, 0.2) is 0 Å². The molecule has 0 fully saturated rings. The van der Waals surface area contributed by atoms with Gasteiger partial charge in [0.05, 0.1) is 7.11 Å². The Morgan fingerprint density at radius 2 is 2.00 bits per heavy atom. The van der Waals surface area contributed by atoms with E-state index in [2.05, 4.69) is 26.1 Å². The van der Waals surface area contributed by atoms with Crippen molar-refractivity contribution in [3.8, 4) is 0 Å². The molecule has 4 heteroatoms. The Morgan fingerprint density at radius 3 is 2.33 bits per heavy atom. The molecule has 3 nitrogen and oxygen atoms in total. The molecule has 0 radical (unpaired) electrons. The Bertz CT molecular complexity index is 209. The molecule has 0 bridgehead atoms. The molecule has 90 valence electrons. The third-order valence-corrected chi connectivity index (χ3v) is 3.56. The minimum absolute atomic E-state index is 0.193. The van der Waals surface area contributed by atoms with E-state index in [1.807, 2.05) is 18.7 Å². The van der Waals surface area contributed by atoms with Crippen LogP contribution in [0.4, 0.5) is 0 Å². The van der Waals surface area contributed by atoms with E-state index < -0.39 is 5.54 Å². The third-order valence-electron chi connectivity index (χ3n) is 2.39. The molecule has 0 aliphatic carbocycles. The summed E-state index contributed by atoms with van der Waals surface area (Å²) in [5.74, 6) is -0.193. The lowest BCUT2D eigenvalue weighted by Crippen LogP contribution is -2.49. The van der Waals surface area contributed by atoms with Crippen molar-refractivity contribution in [2.75, 3.05) is 14.2 Å². The minimum atomic E-state index is -0.573. The molecule has 0 aromatic heterocycles. The molecule has 0 heterocycles. The fraction of sp³-hybridized carbons (Fsp3) is 0.909. The molecular formula is C11H23NO2S. The summed E-state index contributed by atoms with van der Waals surface area (Å²) in [5, 5.41) is 4.06. The number of rotatable bonds is 6. The van der Waals surface area contributed by atoms with Crippen molar-refractivity contribution in [2.24, 2.45) is 0 Å². The Labute approximate surface area is 97.3 Å². The number of hydrogen-bond donors (Lipinski definition) is 1. The molecule has 0 aliphatic heterocycles. The van der Waals surface area contributed by atoms with Crippen LogP contribution in [-0.4, -0.2) is 36.2 Å². The summed E-state index contributed by atoms with van der Waals surface area (Å²) in [6.07, 6.45) is 0.777. The predicted octanol–water partition coefficient (Wildman–Crippen LogP) is 2.06. The van der Waals surface area contributed by atoms with Gasteiger partial charge in [-0.05, 0) is 25.6 Å². The topological polar surface area (TPSA) is 38.3 Å². The SMILES string of the molecule is CNC(C)(CC(C)SC(C)C)C(=O)OC. The van der Waals surface area contributed by atoms with E-state index in [-0.39, 0.29) is 5.97 Å². The first-order valence-electron chi connectivity index (χ1n) is 5.28. The van der Waals surface area contributed by atoms with Gasteiger partial charge in [0, 0.05) is 5.25 Å². The van der Waals surface area contributed by atoms with Crippen molar-refractivity contribution in [3.05, 3.63) is 0 Å². The Morgan fingerprint density at radius 1 is 1.47 bits per heavy atom. The lowest BCUT2D eigenvalue weighted by molar-refractivity contribution is -0.147. The monoisotopic (exact) mass is 233 g/mol. The quantitative estimate of drug-likeness (QED) is 0.713. The maximum absolute atomic E-state index is 11.6. The van der Waals surface area contributed by atoms with Crippen molar-refractivity contribution in [1.82, 2.24) is 5.32 Å². The summed E-state index contributed by atoms with van der Waals surface area (Å²) in [5.41, 5.74) is -0.573. The van der Waals surface area contributed by atoms with Gasteiger partial charge in [-0.25, -0.2) is 0 Å². The maximum atomic E-state index is 11.6. The van der Waals surface area contributed by atoms with E-state index >= 15 is 0 Å². The summed E-state index contributed by atoms with van der Waals surface area (Å²) in [6.45, 7) is 8.35. The van der Waals surface area contributed by atoms with Crippen LogP contribution in [0.25, 0.3) is 0 Å². The fourth-order valence-corrected chi connectivity index (χ4v) is 2.96. The molecule has 0 aromatic carbocycles. The van der Waals surface area contributed by atoms with Crippen LogP contribution in [0.5, 0.6) is 0 Å². The number of hydrogen-bond acceptors (Lipinski definition) is 4. The van der Waals surface area contributed by atoms with Gasteiger partial charge in [-0.15, -0.1) is 0 Å². The number of ether oxygens (including phenoxy) is 1. The van der Waals surface area contributed by atoms with E-state index in [9.17, 15) is 4.79 Å². The zero-order valence-corrected chi connectivity index (χ0v) is 11.4. The third kappa shape index (κ3) is 4.89. The molecule has 0 aliphatic rings. The van der Waals surface area contributed by atoms with E-state index in [1.165, 1.54) is 7.11 Å². The number of nitrogens with one attached hydrogen (secondary N) is 1.